The minimum absolute atomic E-state index is 0.0390. The standard InChI is InChI=1S/C12H11BrN2OS/c1-2-15-8-7-14-11(12(15)16)17-10-5-3-9(13)4-6-10/h3-8H,2H2,1H3. The fraction of sp³-hybridized carbons (Fsp3) is 0.167. The normalized spacial score (nSPS) is 10.5. The zero-order chi connectivity index (χ0) is 12.3. The van der Waals surface area contributed by atoms with E-state index in [9.17, 15) is 4.79 Å². The summed E-state index contributed by atoms with van der Waals surface area (Å²) in [6.45, 7) is 2.60. The molecule has 0 aliphatic carbocycles. The summed E-state index contributed by atoms with van der Waals surface area (Å²) in [5.41, 5.74) is -0.0390. The first kappa shape index (κ1) is 12.4. The van der Waals surface area contributed by atoms with E-state index in [0.29, 0.717) is 11.6 Å². The van der Waals surface area contributed by atoms with Crippen molar-refractivity contribution >= 4 is 27.7 Å². The second-order valence-electron chi connectivity index (χ2n) is 3.38. The van der Waals surface area contributed by atoms with Gasteiger partial charge in [-0.2, -0.15) is 0 Å². The summed E-state index contributed by atoms with van der Waals surface area (Å²) in [4.78, 5) is 17.1. The summed E-state index contributed by atoms with van der Waals surface area (Å²) in [5, 5.41) is 0.511. The molecule has 0 bridgehead atoms. The molecule has 0 radical (unpaired) electrons. The minimum Gasteiger partial charge on any atom is -0.312 e. The van der Waals surface area contributed by atoms with Gasteiger partial charge in [-0.25, -0.2) is 4.98 Å². The molecule has 88 valence electrons. The molecule has 2 aromatic rings. The summed E-state index contributed by atoms with van der Waals surface area (Å²) in [6, 6.07) is 7.81. The van der Waals surface area contributed by atoms with Crippen LogP contribution in [0.25, 0.3) is 0 Å². The maximum atomic E-state index is 11.9. The number of aromatic nitrogens is 2. The molecule has 0 N–H and O–H groups in total. The average Bonchev–Trinajstić information content (AvgIpc) is 2.35. The van der Waals surface area contributed by atoms with E-state index in [2.05, 4.69) is 20.9 Å². The van der Waals surface area contributed by atoms with Gasteiger partial charge in [-0.1, -0.05) is 27.7 Å². The molecule has 5 heteroatoms. The van der Waals surface area contributed by atoms with Crippen molar-refractivity contribution in [2.24, 2.45) is 0 Å². The van der Waals surface area contributed by atoms with Crippen molar-refractivity contribution in [3.05, 3.63) is 51.5 Å². The third-order valence-electron chi connectivity index (χ3n) is 2.25. The van der Waals surface area contributed by atoms with Gasteiger partial charge in [0.05, 0.1) is 0 Å². The van der Waals surface area contributed by atoms with E-state index in [-0.39, 0.29) is 5.56 Å². The lowest BCUT2D eigenvalue weighted by Crippen LogP contribution is -2.20. The van der Waals surface area contributed by atoms with Crippen LogP contribution < -0.4 is 5.56 Å². The van der Waals surface area contributed by atoms with E-state index in [1.807, 2.05) is 31.2 Å². The number of benzene rings is 1. The largest absolute Gasteiger partial charge is 0.312 e. The van der Waals surface area contributed by atoms with Crippen molar-refractivity contribution in [3.8, 4) is 0 Å². The maximum absolute atomic E-state index is 11.9. The number of hydrogen-bond acceptors (Lipinski definition) is 3. The van der Waals surface area contributed by atoms with Crippen LogP contribution in [0.3, 0.4) is 0 Å². The first-order valence-corrected chi connectivity index (χ1v) is 6.80. The molecular formula is C12H11BrN2OS. The fourth-order valence-electron chi connectivity index (χ4n) is 1.36. The minimum atomic E-state index is -0.0390. The van der Waals surface area contributed by atoms with Crippen LogP contribution >= 0.6 is 27.7 Å². The van der Waals surface area contributed by atoms with Crippen LogP contribution in [0.2, 0.25) is 0 Å². The lowest BCUT2D eigenvalue weighted by Gasteiger charge is -2.04. The van der Waals surface area contributed by atoms with Gasteiger partial charge in [-0.3, -0.25) is 4.79 Å². The number of nitrogens with zero attached hydrogens (tertiary/aromatic N) is 2. The Hall–Kier alpha value is -1.07. The van der Waals surface area contributed by atoms with Gasteiger partial charge in [-0.15, -0.1) is 0 Å². The van der Waals surface area contributed by atoms with Crippen molar-refractivity contribution in [1.82, 2.24) is 9.55 Å². The van der Waals surface area contributed by atoms with Crippen LogP contribution in [0.4, 0.5) is 0 Å². The Labute approximate surface area is 112 Å². The molecule has 0 atom stereocenters. The molecule has 0 saturated carbocycles. The highest BCUT2D eigenvalue weighted by Crippen LogP contribution is 2.24. The zero-order valence-electron chi connectivity index (χ0n) is 9.26. The van der Waals surface area contributed by atoms with Crippen LogP contribution in [0.5, 0.6) is 0 Å². The van der Waals surface area contributed by atoms with E-state index in [4.69, 9.17) is 0 Å². The Bertz CT molecular complexity index is 565. The molecule has 0 fully saturated rings. The molecule has 0 amide bonds. The highest BCUT2D eigenvalue weighted by molar-refractivity contribution is 9.10. The molecule has 0 unspecified atom stereocenters. The van der Waals surface area contributed by atoms with Crippen molar-refractivity contribution in [1.29, 1.82) is 0 Å². The van der Waals surface area contributed by atoms with Gasteiger partial charge < -0.3 is 4.57 Å². The molecular weight excluding hydrogens is 300 g/mol. The summed E-state index contributed by atoms with van der Waals surface area (Å²) >= 11 is 4.76. The molecule has 0 saturated heterocycles. The Morgan fingerprint density at radius 3 is 2.71 bits per heavy atom. The van der Waals surface area contributed by atoms with Crippen LogP contribution in [0.15, 0.2) is 55.8 Å². The van der Waals surface area contributed by atoms with Gasteiger partial charge in [0.2, 0.25) is 0 Å². The van der Waals surface area contributed by atoms with Crippen molar-refractivity contribution in [3.63, 3.8) is 0 Å². The van der Waals surface area contributed by atoms with Gasteiger partial charge in [0.25, 0.3) is 5.56 Å². The molecule has 17 heavy (non-hydrogen) atoms. The summed E-state index contributed by atoms with van der Waals surface area (Å²) in [5.74, 6) is 0. The first-order chi connectivity index (χ1) is 8.20. The predicted octanol–water partition coefficient (Wildman–Crippen LogP) is 3.18. The van der Waals surface area contributed by atoms with Gasteiger partial charge in [-0.05, 0) is 31.2 Å². The van der Waals surface area contributed by atoms with Crippen LogP contribution in [-0.4, -0.2) is 9.55 Å². The van der Waals surface area contributed by atoms with Gasteiger partial charge >= 0.3 is 0 Å². The highest BCUT2D eigenvalue weighted by atomic mass is 79.9. The molecule has 1 aromatic carbocycles. The number of rotatable bonds is 3. The van der Waals surface area contributed by atoms with E-state index in [1.54, 1.807) is 17.0 Å². The molecule has 2 rings (SSSR count). The molecule has 0 spiro atoms. The average molecular weight is 311 g/mol. The van der Waals surface area contributed by atoms with Gasteiger partial charge in [0.1, 0.15) is 0 Å². The fourth-order valence-corrected chi connectivity index (χ4v) is 2.44. The summed E-state index contributed by atoms with van der Waals surface area (Å²) in [6.07, 6.45) is 3.36. The number of halogens is 1. The van der Waals surface area contributed by atoms with Crippen molar-refractivity contribution in [2.75, 3.05) is 0 Å². The van der Waals surface area contributed by atoms with Crippen molar-refractivity contribution < 1.29 is 0 Å². The van der Waals surface area contributed by atoms with E-state index in [0.717, 1.165) is 9.37 Å². The molecule has 3 nitrogen and oxygen atoms in total. The molecule has 1 aromatic heterocycles. The van der Waals surface area contributed by atoms with Gasteiger partial charge in [0.15, 0.2) is 5.03 Å². The van der Waals surface area contributed by atoms with Crippen LogP contribution in [-0.2, 0) is 6.54 Å². The lowest BCUT2D eigenvalue weighted by atomic mass is 10.4. The quantitative estimate of drug-likeness (QED) is 0.873. The van der Waals surface area contributed by atoms with E-state index < -0.39 is 0 Å². The third kappa shape index (κ3) is 2.98. The van der Waals surface area contributed by atoms with Crippen LogP contribution in [0.1, 0.15) is 6.92 Å². The summed E-state index contributed by atoms with van der Waals surface area (Å²) in [7, 11) is 0. The van der Waals surface area contributed by atoms with E-state index in [1.165, 1.54) is 11.8 Å². The highest BCUT2D eigenvalue weighted by Gasteiger charge is 2.05. The second-order valence-corrected chi connectivity index (χ2v) is 5.36. The maximum Gasteiger partial charge on any atom is 0.283 e. The smallest absolute Gasteiger partial charge is 0.283 e. The van der Waals surface area contributed by atoms with E-state index >= 15 is 0 Å². The monoisotopic (exact) mass is 310 g/mol. The first-order valence-electron chi connectivity index (χ1n) is 5.19. The molecule has 0 aliphatic heterocycles. The summed E-state index contributed by atoms with van der Waals surface area (Å²) < 4.78 is 2.67. The lowest BCUT2D eigenvalue weighted by molar-refractivity contribution is 0.692. The molecule has 1 heterocycles. The van der Waals surface area contributed by atoms with Crippen LogP contribution in [0, 0.1) is 0 Å². The topological polar surface area (TPSA) is 34.9 Å². The van der Waals surface area contributed by atoms with Crippen molar-refractivity contribution in [2.45, 2.75) is 23.4 Å². The van der Waals surface area contributed by atoms with Gasteiger partial charge in [0, 0.05) is 28.3 Å². The Kier molecular flexibility index (Phi) is 4.02. The second kappa shape index (κ2) is 5.51. The Balaban J connectivity index is 2.30. The number of hydrogen-bond donors (Lipinski definition) is 0. The Morgan fingerprint density at radius 2 is 2.06 bits per heavy atom. The SMILES string of the molecule is CCn1ccnc(Sc2ccc(Br)cc2)c1=O. The Morgan fingerprint density at radius 1 is 1.35 bits per heavy atom. The third-order valence-corrected chi connectivity index (χ3v) is 3.76. The predicted molar refractivity (Wildman–Crippen MR) is 72.4 cm³/mol. The number of aryl methyl sites for hydroxylation is 1. The zero-order valence-corrected chi connectivity index (χ0v) is 11.7. The molecule has 0 aliphatic rings.